The van der Waals surface area contributed by atoms with Crippen molar-refractivity contribution >= 4 is 65.7 Å². The highest BCUT2D eigenvalue weighted by Gasteiger charge is 2.18. The number of fused-ring (bicyclic) bond motifs is 9. The molecule has 14 aromatic rings. The second kappa shape index (κ2) is 15.6. The van der Waals surface area contributed by atoms with E-state index in [1.165, 1.54) is 32.9 Å². The monoisotopic (exact) mass is 882 g/mol. The Hall–Kier alpha value is -9.39. The number of aromatic nitrogens is 4. The van der Waals surface area contributed by atoms with Gasteiger partial charge in [0.15, 0.2) is 17.5 Å². The summed E-state index contributed by atoms with van der Waals surface area (Å²) >= 11 is 0. The molecule has 4 aromatic heterocycles. The van der Waals surface area contributed by atoms with Gasteiger partial charge in [-0.2, -0.15) is 0 Å². The molecule has 322 valence electrons. The Kier molecular flexibility index (Phi) is 8.79. The van der Waals surface area contributed by atoms with Crippen LogP contribution in [0.15, 0.2) is 239 Å². The average molecular weight is 883 g/mol. The fourth-order valence-electron chi connectivity index (χ4n) is 10.1. The molecule has 69 heavy (non-hydrogen) atoms. The van der Waals surface area contributed by atoms with Crippen LogP contribution in [0, 0.1) is 0 Å². The Bertz CT molecular complexity index is 4250. The van der Waals surface area contributed by atoms with Gasteiger partial charge >= 0.3 is 0 Å². The smallest absolute Gasteiger partial charge is 0.164 e. The molecule has 0 saturated heterocycles. The predicted molar refractivity (Wildman–Crippen MR) is 281 cm³/mol. The third kappa shape index (κ3) is 6.61. The van der Waals surface area contributed by atoms with E-state index < -0.39 is 0 Å². The minimum absolute atomic E-state index is 0.620. The highest BCUT2D eigenvalue weighted by atomic mass is 16.3. The van der Waals surface area contributed by atoms with Crippen molar-refractivity contribution in [3.63, 3.8) is 0 Å². The average Bonchev–Trinajstić information content (AvgIpc) is 4.09. The summed E-state index contributed by atoms with van der Waals surface area (Å²) in [5, 5.41) is 6.73. The number of benzene rings is 10. The zero-order valence-corrected chi connectivity index (χ0v) is 37.0. The molecule has 0 fully saturated rings. The van der Waals surface area contributed by atoms with E-state index in [4.69, 9.17) is 23.8 Å². The van der Waals surface area contributed by atoms with Gasteiger partial charge in [0.25, 0.3) is 0 Å². The van der Waals surface area contributed by atoms with E-state index in [2.05, 4.69) is 174 Å². The van der Waals surface area contributed by atoms with Crippen molar-refractivity contribution in [3.05, 3.63) is 231 Å². The van der Waals surface area contributed by atoms with Gasteiger partial charge in [0, 0.05) is 54.7 Å². The number of rotatable bonds is 7. The van der Waals surface area contributed by atoms with Crippen LogP contribution in [0.5, 0.6) is 0 Å². The van der Waals surface area contributed by atoms with E-state index in [0.717, 1.165) is 88.5 Å². The summed E-state index contributed by atoms with van der Waals surface area (Å²) in [6.45, 7) is 0. The number of furan rings is 2. The lowest BCUT2D eigenvalue weighted by Gasteiger charge is -2.09. The van der Waals surface area contributed by atoms with Crippen molar-refractivity contribution in [3.8, 4) is 73.2 Å². The van der Waals surface area contributed by atoms with Crippen LogP contribution in [0.4, 0.5) is 0 Å². The minimum atomic E-state index is 0.620. The maximum absolute atomic E-state index is 6.56. The molecule has 0 aliphatic carbocycles. The van der Waals surface area contributed by atoms with Crippen LogP contribution in [-0.4, -0.2) is 19.5 Å². The quantitative estimate of drug-likeness (QED) is 0.159. The molecule has 0 spiro atoms. The Morgan fingerprint density at radius 2 is 0.696 bits per heavy atom. The molecule has 0 atom stereocenters. The van der Waals surface area contributed by atoms with Crippen LogP contribution in [-0.2, 0) is 0 Å². The van der Waals surface area contributed by atoms with Crippen LogP contribution in [0.1, 0.15) is 0 Å². The largest absolute Gasteiger partial charge is 0.456 e. The zero-order chi connectivity index (χ0) is 45.4. The van der Waals surface area contributed by atoms with Gasteiger partial charge in [-0.1, -0.05) is 152 Å². The highest BCUT2D eigenvalue weighted by molar-refractivity contribution is 6.12. The highest BCUT2D eigenvalue weighted by Crippen LogP contribution is 2.40. The molecule has 0 amide bonds. The second-order valence-electron chi connectivity index (χ2n) is 17.6. The Labute approximate surface area is 396 Å². The third-order valence-corrected chi connectivity index (χ3v) is 13.5. The summed E-state index contributed by atoms with van der Waals surface area (Å²) in [6, 6.07) is 80.5. The van der Waals surface area contributed by atoms with E-state index >= 15 is 0 Å². The van der Waals surface area contributed by atoms with Gasteiger partial charge in [-0.05, 0) is 112 Å². The summed E-state index contributed by atoms with van der Waals surface area (Å²) in [5.74, 6) is 1.89. The van der Waals surface area contributed by atoms with Gasteiger partial charge < -0.3 is 13.4 Å². The van der Waals surface area contributed by atoms with Crippen molar-refractivity contribution < 1.29 is 8.83 Å². The molecular weight excluding hydrogens is 845 g/mol. The first-order valence-electron chi connectivity index (χ1n) is 23.1. The van der Waals surface area contributed by atoms with Crippen molar-refractivity contribution in [1.82, 2.24) is 19.5 Å². The van der Waals surface area contributed by atoms with Gasteiger partial charge in [-0.25, -0.2) is 15.0 Å². The SMILES string of the molecule is c1ccc(-c2ccc3c(c2)c2ccccc2n3-c2ccc3oc4cc(-c5ccc6c(c5)oc5ccc(-c7cccc(-c8nc(-c9ccccc9)nc(-c9ccccc9)n8)c7)cc56)ccc4c3c2)cc1. The predicted octanol–water partition coefficient (Wildman–Crippen LogP) is 16.8. The van der Waals surface area contributed by atoms with Gasteiger partial charge in [0.1, 0.15) is 22.3 Å². The Balaban J connectivity index is 0.792. The van der Waals surface area contributed by atoms with E-state index in [1.807, 2.05) is 60.7 Å². The Morgan fingerprint density at radius 3 is 1.36 bits per heavy atom. The molecule has 0 N–H and O–H groups in total. The molecule has 0 saturated carbocycles. The fraction of sp³-hybridized carbons (Fsp3) is 0. The van der Waals surface area contributed by atoms with Crippen molar-refractivity contribution in [2.75, 3.05) is 0 Å². The van der Waals surface area contributed by atoms with Crippen LogP contribution in [0.2, 0.25) is 0 Å². The van der Waals surface area contributed by atoms with Crippen LogP contribution < -0.4 is 0 Å². The number of para-hydroxylation sites is 1. The van der Waals surface area contributed by atoms with Crippen LogP contribution in [0.3, 0.4) is 0 Å². The fourth-order valence-corrected chi connectivity index (χ4v) is 10.1. The molecule has 0 unspecified atom stereocenters. The van der Waals surface area contributed by atoms with E-state index in [9.17, 15) is 0 Å². The molecule has 6 nitrogen and oxygen atoms in total. The van der Waals surface area contributed by atoms with Gasteiger partial charge in [-0.15, -0.1) is 0 Å². The molecule has 14 rings (SSSR count). The second-order valence-corrected chi connectivity index (χ2v) is 17.6. The first-order chi connectivity index (χ1) is 34.1. The summed E-state index contributed by atoms with van der Waals surface area (Å²) < 4.78 is 15.5. The normalized spacial score (nSPS) is 11.8. The third-order valence-electron chi connectivity index (χ3n) is 13.5. The van der Waals surface area contributed by atoms with Crippen molar-refractivity contribution in [2.45, 2.75) is 0 Å². The molecule has 10 aromatic carbocycles. The number of nitrogens with zero attached hydrogens (tertiary/aromatic N) is 4. The Morgan fingerprint density at radius 1 is 0.246 bits per heavy atom. The van der Waals surface area contributed by atoms with Crippen molar-refractivity contribution in [2.24, 2.45) is 0 Å². The maximum Gasteiger partial charge on any atom is 0.164 e. The molecule has 0 aliphatic rings. The summed E-state index contributed by atoms with van der Waals surface area (Å²) in [4.78, 5) is 14.8. The number of hydrogen-bond donors (Lipinski definition) is 0. The lowest BCUT2D eigenvalue weighted by atomic mass is 9.99. The zero-order valence-electron chi connectivity index (χ0n) is 37.0. The number of hydrogen-bond acceptors (Lipinski definition) is 5. The van der Waals surface area contributed by atoms with Crippen LogP contribution >= 0.6 is 0 Å². The molecule has 0 radical (unpaired) electrons. The van der Waals surface area contributed by atoms with E-state index in [-0.39, 0.29) is 0 Å². The lowest BCUT2D eigenvalue weighted by molar-refractivity contribution is 0.668. The molecule has 0 aliphatic heterocycles. The standard InChI is InChI=1S/C63H38N4O2/c1-4-13-39(14-5-1)43-25-30-56-52(34-43)49-21-10-11-22-55(49)67(56)48-27-32-58-54(38-48)51-29-24-46(37-60(51)69-58)45-23-28-50-53-35-44(26-31-57(53)68-59(50)36-45)42-19-12-20-47(33-42)63-65-61(40-15-6-2-7-16-40)64-62(66-63)41-17-8-3-9-18-41/h1-38H. The summed E-state index contributed by atoms with van der Waals surface area (Å²) in [7, 11) is 0. The summed E-state index contributed by atoms with van der Waals surface area (Å²) in [6.07, 6.45) is 0. The molecular formula is C63H38N4O2. The topological polar surface area (TPSA) is 69.9 Å². The van der Waals surface area contributed by atoms with E-state index in [1.54, 1.807) is 0 Å². The first kappa shape index (κ1) is 38.8. The first-order valence-corrected chi connectivity index (χ1v) is 23.1. The van der Waals surface area contributed by atoms with E-state index in [0.29, 0.717) is 17.5 Å². The summed E-state index contributed by atoms with van der Waals surface area (Å²) in [5.41, 5.74) is 16.3. The van der Waals surface area contributed by atoms with Crippen LogP contribution in [0.25, 0.3) is 139 Å². The molecule has 6 heteroatoms. The molecule has 4 heterocycles. The van der Waals surface area contributed by atoms with Gasteiger partial charge in [0.05, 0.1) is 11.0 Å². The molecule has 0 bridgehead atoms. The van der Waals surface area contributed by atoms with Crippen molar-refractivity contribution in [1.29, 1.82) is 0 Å². The van der Waals surface area contributed by atoms with Gasteiger partial charge in [0.2, 0.25) is 0 Å². The lowest BCUT2D eigenvalue weighted by Crippen LogP contribution is -2.00. The minimum Gasteiger partial charge on any atom is -0.456 e. The van der Waals surface area contributed by atoms with Gasteiger partial charge in [-0.3, -0.25) is 0 Å². The maximum atomic E-state index is 6.56.